The summed E-state index contributed by atoms with van der Waals surface area (Å²) in [6.07, 6.45) is 1.64. The Hall–Kier alpha value is -1.75. The van der Waals surface area contributed by atoms with E-state index in [-0.39, 0.29) is 0 Å². The zero-order valence-corrected chi connectivity index (χ0v) is 10.5. The first kappa shape index (κ1) is 12.7. The number of aliphatic hydroxyl groups is 1. The minimum atomic E-state index is -0.745. The van der Waals surface area contributed by atoms with Crippen LogP contribution in [-0.4, -0.2) is 19.9 Å². The molecule has 1 unspecified atom stereocenters. The van der Waals surface area contributed by atoms with Crippen LogP contribution in [-0.2, 0) is 19.9 Å². The minimum absolute atomic E-state index is 0.403. The summed E-state index contributed by atoms with van der Waals surface area (Å²) in [6.45, 7) is 2.03. The van der Waals surface area contributed by atoms with Gasteiger partial charge >= 0.3 is 0 Å². The molecule has 0 aliphatic heterocycles. The summed E-state index contributed by atoms with van der Waals surface area (Å²) < 4.78 is 14.5. The largest absolute Gasteiger partial charge is 0.386 e. The van der Waals surface area contributed by atoms with Crippen LogP contribution in [0.15, 0.2) is 24.4 Å². The molecule has 0 fully saturated rings. The van der Waals surface area contributed by atoms with Crippen LogP contribution >= 0.6 is 0 Å². The van der Waals surface area contributed by atoms with Crippen molar-refractivity contribution in [2.24, 2.45) is 7.05 Å². The highest BCUT2D eigenvalue weighted by atomic mass is 19.1. The minimum Gasteiger partial charge on any atom is -0.386 e. The van der Waals surface area contributed by atoms with Crippen molar-refractivity contribution >= 4 is 0 Å². The molecule has 0 spiro atoms. The molecule has 5 heteroatoms. The van der Waals surface area contributed by atoms with E-state index < -0.39 is 11.9 Å². The Labute approximate surface area is 105 Å². The van der Waals surface area contributed by atoms with Gasteiger partial charge in [0, 0.05) is 19.2 Å². The summed E-state index contributed by atoms with van der Waals surface area (Å²) in [5.74, 6) is -0.403. The lowest BCUT2D eigenvalue weighted by Gasteiger charge is -2.09. The normalized spacial score (nSPS) is 12.7. The molecule has 0 aromatic carbocycles. The van der Waals surface area contributed by atoms with Crippen molar-refractivity contribution in [3.63, 3.8) is 0 Å². The molecular formula is C13H16FN3O. The lowest BCUT2D eigenvalue weighted by atomic mass is 10.1. The summed E-state index contributed by atoms with van der Waals surface area (Å²) >= 11 is 0. The maximum Gasteiger partial charge on any atom is 0.141 e. The summed E-state index contributed by atoms with van der Waals surface area (Å²) in [5.41, 5.74) is 2.40. The topological polar surface area (TPSA) is 50.9 Å². The molecule has 0 radical (unpaired) electrons. The third-order valence-electron chi connectivity index (χ3n) is 2.88. The molecule has 0 bridgehead atoms. The van der Waals surface area contributed by atoms with Crippen LogP contribution in [0.1, 0.15) is 30.1 Å². The number of hydrogen-bond acceptors (Lipinski definition) is 3. The fourth-order valence-corrected chi connectivity index (χ4v) is 1.82. The van der Waals surface area contributed by atoms with Gasteiger partial charge in [-0.3, -0.25) is 9.67 Å². The van der Waals surface area contributed by atoms with Crippen molar-refractivity contribution in [2.75, 3.05) is 0 Å². The van der Waals surface area contributed by atoms with Crippen molar-refractivity contribution in [1.82, 2.24) is 14.8 Å². The Balaban J connectivity index is 2.13. The molecule has 2 aromatic heterocycles. The predicted molar refractivity (Wildman–Crippen MR) is 65.4 cm³/mol. The molecule has 0 aliphatic rings. The van der Waals surface area contributed by atoms with Crippen LogP contribution in [0.4, 0.5) is 4.39 Å². The Morgan fingerprint density at radius 2 is 2.22 bits per heavy atom. The van der Waals surface area contributed by atoms with Gasteiger partial charge in [-0.2, -0.15) is 5.10 Å². The van der Waals surface area contributed by atoms with Crippen LogP contribution < -0.4 is 0 Å². The van der Waals surface area contributed by atoms with Gasteiger partial charge in [-0.25, -0.2) is 4.39 Å². The zero-order chi connectivity index (χ0) is 13.1. The predicted octanol–water partition coefficient (Wildman–Crippen LogP) is 1.79. The zero-order valence-electron chi connectivity index (χ0n) is 10.5. The van der Waals surface area contributed by atoms with Crippen molar-refractivity contribution in [3.05, 3.63) is 47.3 Å². The van der Waals surface area contributed by atoms with Gasteiger partial charge < -0.3 is 5.11 Å². The maximum atomic E-state index is 12.7. The maximum absolute atomic E-state index is 12.7. The molecule has 0 amide bonds. The second kappa shape index (κ2) is 5.27. The highest BCUT2D eigenvalue weighted by Crippen LogP contribution is 2.17. The molecule has 0 saturated carbocycles. The molecule has 2 rings (SSSR count). The smallest absolute Gasteiger partial charge is 0.141 e. The molecule has 1 N–H and O–H groups in total. The van der Waals surface area contributed by atoms with Gasteiger partial charge in [-0.15, -0.1) is 0 Å². The Kier molecular flexibility index (Phi) is 3.72. The lowest BCUT2D eigenvalue weighted by Crippen LogP contribution is -2.08. The van der Waals surface area contributed by atoms with Crippen LogP contribution in [0.2, 0.25) is 0 Å². The van der Waals surface area contributed by atoms with Gasteiger partial charge in [-0.1, -0.05) is 6.92 Å². The van der Waals surface area contributed by atoms with E-state index in [0.29, 0.717) is 12.1 Å². The first-order valence-corrected chi connectivity index (χ1v) is 5.91. The number of hydrogen-bond donors (Lipinski definition) is 1. The van der Waals surface area contributed by atoms with Crippen LogP contribution in [0.5, 0.6) is 0 Å². The average molecular weight is 249 g/mol. The molecule has 4 nitrogen and oxygen atoms in total. The van der Waals surface area contributed by atoms with Crippen molar-refractivity contribution < 1.29 is 9.50 Å². The Morgan fingerprint density at radius 1 is 1.44 bits per heavy atom. The monoisotopic (exact) mass is 249 g/mol. The molecule has 96 valence electrons. The summed E-state index contributed by atoms with van der Waals surface area (Å²) in [7, 11) is 1.85. The second-order valence-corrected chi connectivity index (χ2v) is 4.23. The van der Waals surface area contributed by atoms with Crippen molar-refractivity contribution in [2.45, 2.75) is 25.9 Å². The summed E-state index contributed by atoms with van der Waals surface area (Å²) in [5, 5.41) is 14.4. The number of aromatic nitrogens is 3. The molecule has 2 heterocycles. The van der Waals surface area contributed by atoms with Crippen LogP contribution in [0.25, 0.3) is 0 Å². The summed E-state index contributed by atoms with van der Waals surface area (Å²) in [6, 6.07) is 4.76. The Bertz CT molecular complexity index is 522. The van der Waals surface area contributed by atoms with Gasteiger partial charge in [0.2, 0.25) is 0 Å². The first-order chi connectivity index (χ1) is 8.60. The van der Waals surface area contributed by atoms with Gasteiger partial charge in [0.1, 0.15) is 11.9 Å². The van der Waals surface area contributed by atoms with Gasteiger partial charge in [0.05, 0.1) is 17.6 Å². The lowest BCUT2D eigenvalue weighted by molar-refractivity contribution is 0.171. The van der Waals surface area contributed by atoms with E-state index in [0.717, 1.165) is 24.0 Å². The third kappa shape index (κ3) is 2.73. The standard InChI is InChI=1S/C13H16FN3O/c1-3-10-6-11(17(2)16-10)7-13(18)12-5-4-9(14)8-15-12/h4-6,8,13,18H,3,7H2,1-2H3. The van der Waals surface area contributed by atoms with E-state index in [9.17, 15) is 9.50 Å². The van der Waals surface area contributed by atoms with E-state index in [1.165, 1.54) is 12.1 Å². The molecule has 0 aliphatic carbocycles. The Morgan fingerprint density at radius 3 is 2.78 bits per heavy atom. The third-order valence-corrected chi connectivity index (χ3v) is 2.88. The number of aliphatic hydroxyl groups excluding tert-OH is 1. The molecular weight excluding hydrogens is 233 g/mol. The van der Waals surface area contributed by atoms with Crippen LogP contribution in [0, 0.1) is 5.82 Å². The number of halogens is 1. The molecule has 18 heavy (non-hydrogen) atoms. The number of aryl methyl sites for hydroxylation is 2. The van der Waals surface area contributed by atoms with E-state index in [1.54, 1.807) is 4.68 Å². The van der Waals surface area contributed by atoms with E-state index in [1.807, 2.05) is 20.0 Å². The van der Waals surface area contributed by atoms with E-state index in [4.69, 9.17) is 0 Å². The first-order valence-electron chi connectivity index (χ1n) is 5.91. The van der Waals surface area contributed by atoms with Gasteiger partial charge in [0.15, 0.2) is 0 Å². The number of rotatable bonds is 4. The quantitative estimate of drug-likeness (QED) is 0.898. The number of nitrogens with zero attached hydrogens (tertiary/aromatic N) is 3. The number of pyridine rings is 1. The molecule has 2 aromatic rings. The molecule has 1 atom stereocenters. The SMILES string of the molecule is CCc1cc(CC(O)c2ccc(F)cn2)n(C)n1. The second-order valence-electron chi connectivity index (χ2n) is 4.23. The summed E-state index contributed by atoms with van der Waals surface area (Å²) in [4.78, 5) is 3.88. The van der Waals surface area contributed by atoms with Crippen LogP contribution in [0.3, 0.4) is 0 Å². The highest BCUT2D eigenvalue weighted by Gasteiger charge is 2.13. The average Bonchev–Trinajstić information content (AvgIpc) is 2.71. The fraction of sp³-hybridized carbons (Fsp3) is 0.385. The van der Waals surface area contributed by atoms with E-state index in [2.05, 4.69) is 10.1 Å². The highest BCUT2D eigenvalue weighted by molar-refractivity contribution is 5.15. The van der Waals surface area contributed by atoms with Gasteiger partial charge in [0.25, 0.3) is 0 Å². The molecule has 0 saturated heterocycles. The fourth-order valence-electron chi connectivity index (χ4n) is 1.82. The van der Waals surface area contributed by atoms with Crippen molar-refractivity contribution in [3.8, 4) is 0 Å². The van der Waals surface area contributed by atoms with Gasteiger partial charge in [-0.05, 0) is 24.6 Å². The van der Waals surface area contributed by atoms with Crippen molar-refractivity contribution in [1.29, 1.82) is 0 Å². The van der Waals surface area contributed by atoms with E-state index >= 15 is 0 Å².